The molecule has 0 N–H and O–H groups in total. The Kier molecular flexibility index (Phi) is 5.19. The third-order valence-corrected chi connectivity index (χ3v) is 3.28. The molecule has 0 radical (unpaired) electrons. The molecule has 0 aliphatic rings. The second kappa shape index (κ2) is 6.42. The van der Waals surface area contributed by atoms with Gasteiger partial charge in [-0.3, -0.25) is 0 Å². The summed E-state index contributed by atoms with van der Waals surface area (Å²) in [5.41, 5.74) is 0. The highest BCUT2D eigenvalue weighted by atomic mass is 35.5. The van der Waals surface area contributed by atoms with Gasteiger partial charge in [-0.05, 0) is 24.3 Å². The fraction of sp³-hybridized carbons (Fsp3) is 0.0769. The van der Waals surface area contributed by atoms with Crippen molar-refractivity contribution in [3.8, 4) is 0 Å². The summed E-state index contributed by atoms with van der Waals surface area (Å²) in [5, 5.41) is 0.794. The van der Waals surface area contributed by atoms with Crippen molar-refractivity contribution < 1.29 is 8.42 Å². The van der Waals surface area contributed by atoms with E-state index in [1.165, 1.54) is 6.26 Å². The lowest BCUT2D eigenvalue weighted by Gasteiger charge is -1.93. The van der Waals surface area contributed by atoms with E-state index in [-0.39, 0.29) is 0 Å². The van der Waals surface area contributed by atoms with Crippen molar-refractivity contribution in [3.63, 3.8) is 0 Å². The number of hydrogen-bond acceptors (Lipinski definition) is 2. The first-order valence-electron chi connectivity index (χ1n) is 4.96. The largest absolute Gasteiger partial charge is 0.224 e. The van der Waals surface area contributed by atoms with E-state index < -0.39 is 9.84 Å². The van der Waals surface area contributed by atoms with Crippen LogP contribution in [0.5, 0.6) is 0 Å². The molecule has 2 aromatic carbocycles. The summed E-state index contributed by atoms with van der Waals surface area (Å²) in [6, 6.07) is 17.8. The Balaban J connectivity index is 0.000000181. The molecule has 0 aromatic heterocycles. The van der Waals surface area contributed by atoms with Gasteiger partial charge in [0.2, 0.25) is 0 Å². The molecule has 0 heterocycles. The fourth-order valence-corrected chi connectivity index (χ4v) is 1.88. The van der Waals surface area contributed by atoms with Crippen LogP contribution in [-0.4, -0.2) is 14.7 Å². The Hall–Kier alpha value is -1.32. The van der Waals surface area contributed by atoms with Crippen LogP contribution in [0, 0.1) is 0 Å². The van der Waals surface area contributed by atoms with Crippen LogP contribution in [0.15, 0.2) is 65.6 Å². The first-order chi connectivity index (χ1) is 8.00. The maximum absolute atomic E-state index is 10.8. The van der Waals surface area contributed by atoms with Crippen molar-refractivity contribution >= 4 is 21.4 Å². The standard InChI is InChI=1S/C7H8O2S.C6H5Cl/c1-10(8,9)7-5-3-2-4-6-7;7-6-4-2-1-3-5-6/h2-6H,1H3;1-5H. The molecule has 0 saturated carbocycles. The SMILES string of the molecule is CS(=O)(=O)c1ccccc1.Clc1ccccc1. The number of halogens is 1. The molecule has 0 bridgehead atoms. The maximum Gasteiger partial charge on any atom is 0.175 e. The molecule has 0 saturated heterocycles. The van der Waals surface area contributed by atoms with Gasteiger partial charge in [0.05, 0.1) is 4.90 Å². The van der Waals surface area contributed by atoms with E-state index >= 15 is 0 Å². The van der Waals surface area contributed by atoms with Gasteiger partial charge in [-0.1, -0.05) is 48.0 Å². The second-order valence-corrected chi connectivity index (χ2v) is 5.83. The Morgan fingerprint density at radius 3 is 1.47 bits per heavy atom. The van der Waals surface area contributed by atoms with E-state index in [4.69, 9.17) is 11.6 Å². The lowest BCUT2D eigenvalue weighted by Crippen LogP contribution is -1.95. The first kappa shape index (κ1) is 13.7. The fourth-order valence-electron chi connectivity index (χ4n) is 1.08. The van der Waals surface area contributed by atoms with Crippen LogP contribution in [0.4, 0.5) is 0 Å². The zero-order chi connectivity index (χ0) is 12.7. The monoisotopic (exact) mass is 268 g/mol. The molecule has 17 heavy (non-hydrogen) atoms. The van der Waals surface area contributed by atoms with Crippen LogP contribution in [0.25, 0.3) is 0 Å². The minimum atomic E-state index is -3.00. The van der Waals surface area contributed by atoms with E-state index in [2.05, 4.69) is 0 Å². The number of rotatable bonds is 1. The van der Waals surface area contributed by atoms with E-state index in [9.17, 15) is 8.42 Å². The van der Waals surface area contributed by atoms with Gasteiger partial charge in [0.25, 0.3) is 0 Å². The third-order valence-electron chi connectivity index (χ3n) is 1.90. The average molecular weight is 269 g/mol. The zero-order valence-electron chi connectivity index (χ0n) is 9.38. The third kappa shape index (κ3) is 5.52. The molecular weight excluding hydrogens is 256 g/mol. The molecule has 2 aromatic rings. The van der Waals surface area contributed by atoms with Crippen molar-refractivity contribution in [3.05, 3.63) is 65.7 Å². The van der Waals surface area contributed by atoms with Gasteiger partial charge in [0, 0.05) is 11.3 Å². The normalized spacial score (nSPS) is 10.2. The molecule has 0 atom stereocenters. The van der Waals surface area contributed by atoms with Crippen molar-refractivity contribution in [2.75, 3.05) is 6.26 Å². The molecular formula is C13H13ClO2S. The number of sulfone groups is 1. The summed E-state index contributed by atoms with van der Waals surface area (Å²) >= 11 is 5.54. The highest BCUT2D eigenvalue weighted by molar-refractivity contribution is 7.90. The van der Waals surface area contributed by atoms with Crippen molar-refractivity contribution in [2.45, 2.75) is 4.90 Å². The van der Waals surface area contributed by atoms with Crippen LogP contribution >= 0.6 is 11.6 Å². The molecule has 90 valence electrons. The summed E-state index contributed by atoms with van der Waals surface area (Å²) < 4.78 is 21.7. The Morgan fingerprint density at radius 1 is 0.824 bits per heavy atom. The Morgan fingerprint density at radius 2 is 1.24 bits per heavy atom. The predicted molar refractivity (Wildman–Crippen MR) is 71.0 cm³/mol. The zero-order valence-corrected chi connectivity index (χ0v) is 10.9. The lowest BCUT2D eigenvalue weighted by atomic mass is 10.4. The molecule has 2 rings (SSSR count). The van der Waals surface area contributed by atoms with Crippen LogP contribution in [0.1, 0.15) is 0 Å². The Labute approximate surface area is 107 Å². The molecule has 2 nitrogen and oxygen atoms in total. The quantitative estimate of drug-likeness (QED) is 0.794. The summed E-state index contributed by atoms with van der Waals surface area (Å²) in [6.07, 6.45) is 1.20. The van der Waals surface area contributed by atoms with Crippen molar-refractivity contribution in [1.82, 2.24) is 0 Å². The first-order valence-corrected chi connectivity index (χ1v) is 7.23. The number of benzene rings is 2. The van der Waals surface area contributed by atoms with Gasteiger partial charge < -0.3 is 0 Å². The molecule has 0 spiro atoms. The minimum absolute atomic E-state index is 0.370. The molecule has 0 unspecified atom stereocenters. The van der Waals surface area contributed by atoms with E-state index in [1.54, 1.807) is 30.3 Å². The van der Waals surface area contributed by atoms with Crippen LogP contribution in [0.3, 0.4) is 0 Å². The van der Waals surface area contributed by atoms with Crippen molar-refractivity contribution in [2.24, 2.45) is 0 Å². The molecule has 0 amide bonds. The van der Waals surface area contributed by atoms with E-state index in [1.807, 2.05) is 30.3 Å². The van der Waals surface area contributed by atoms with Gasteiger partial charge in [0.1, 0.15) is 0 Å². The summed E-state index contributed by atoms with van der Waals surface area (Å²) in [4.78, 5) is 0.370. The molecule has 0 aliphatic heterocycles. The second-order valence-electron chi connectivity index (χ2n) is 3.38. The summed E-state index contributed by atoms with van der Waals surface area (Å²) in [7, 11) is -3.00. The van der Waals surface area contributed by atoms with Crippen LogP contribution < -0.4 is 0 Å². The highest BCUT2D eigenvalue weighted by Crippen LogP contribution is 2.05. The summed E-state index contributed by atoms with van der Waals surface area (Å²) in [5.74, 6) is 0. The number of hydrogen-bond donors (Lipinski definition) is 0. The lowest BCUT2D eigenvalue weighted by molar-refractivity contribution is 0.602. The van der Waals surface area contributed by atoms with Crippen molar-refractivity contribution in [1.29, 1.82) is 0 Å². The van der Waals surface area contributed by atoms with Gasteiger partial charge in [-0.25, -0.2) is 8.42 Å². The topological polar surface area (TPSA) is 34.1 Å². The van der Waals surface area contributed by atoms with Crippen LogP contribution in [0.2, 0.25) is 5.02 Å². The molecule has 0 aliphatic carbocycles. The molecule has 0 fully saturated rings. The summed E-state index contributed by atoms with van der Waals surface area (Å²) in [6.45, 7) is 0. The Bertz CT molecular complexity index is 536. The van der Waals surface area contributed by atoms with Gasteiger partial charge in [0.15, 0.2) is 9.84 Å². The smallest absolute Gasteiger partial charge is 0.175 e. The average Bonchev–Trinajstić information content (AvgIpc) is 2.31. The van der Waals surface area contributed by atoms with Crippen LogP contribution in [-0.2, 0) is 9.84 Å². The van der Waals surface area contributed by atoms with E-state index in [0.717, 1.165) is 5.02 Å². The predicted octanol–water partition coefficient (Wildman–Crippen LogP) is 3.43. The molecule has 4 heteroatoms. The van der Waals surface area contributed by atoms with Gasteiger partial charge >= 0.3 is 0 Å². The maximum atomic E-state index is 10.8. The minimum Gasteiger partial charge on any atom is -0.224 e. The van der Waals surface area contributed by atoms with Gasteiger partial charge in [-0.2, -0.15) is 0 Å². The van der Waals surface area contributed by atoms with E-state index in [0.29, 0.717) is 4.90 Å². The highest BCUT2D eigenvalue weighted by Gasteiger charge is 2.02. The van der Waals surface area contributed by atoms with Gasteiger partial charge in [-0.15, -0.1) is 0 Å².